The summed E-state index contributed by atoms with van der Waals surface area (Å²) in [5, 5.41) is 0. The molecular formula is C26H34Fe. The molecule has 4 aliphatic rings. The van der Waals surface area contributed by atoms with Crippen LogP contribution < -0.4 is 0 Å². The molecule has 0 atom stereocenters. The van der Waals surface area contributed by atoms with Gasteiger partial charge in [-0.25, -0.2) is 0 Å². The van der Waals surface area contributed by atoms with E-state index in [0.717, 1.165) is 0 Å². The van der Waals surface area contributed by atoms with Gasteiger partial charge in [0, 0.05) is 0 Å². The second-order valence-corrected chi connectivity index (χ2v) is 9.13. The summed E-state index contributed by atoms with van der Waals surface area (Å²) in [6, 6.07) is 5.03. The van der Waals surface area contributed by atoms with E-state index in [1.807, 2.05) is 0 Å². The largest absolute Gasteiger partial charge is 2.00 e. The molecule has 146 valence electrons. The van der Waals surface area contributed by atoms with Crippen LogP contribution in [0.25, 0.3) is 0 Å². The zero-order valence-corrected chi connectivity index (χ0v) is 17.9. The van der Waals surface area contributed by atoms with Crippen molar-refractivity contribution in [2.45, 2.75) is 103 Å². The number of aryl methyl sites for hydroxylation is 4. The van der Waals surface area contributed by atoms with E-state index in [0.29, 0.717) is 0 Å². The molecule has 4 aliphatic carbocycles. The Bertz CT molecular complexity index is 645. The molecule has 0 spiro atoms. The molecule has 0 aromatic heterocycles. The molecular weight excluding hydrogens is 368 g/mol. The van der Waals surface area contributed by atoms with Crippen molar-refractivity contribution in [2.24, 2.45) is 0 Å². The van der Waals surface area contributed by atoms with E-state index in [4.69, 9.17) is 0 Å². The van der Waals surface area contributed by atoms with Gasteiger partial charge in [-0.3, -0.25) is 0 Å². The Morgan fingerprint density at radius 2 is 0.556 bits per heavy atom. The fourth-order valence-corrected chi connectivity index (χ4v) is 6.15. The zero-order chi connectivity index (χ0) is 17.3. The third-order valence-corrected chi connectivity index (χ3v) is 7.47. The minimum atomic E-state index is 0. The minimum absolute atomic E-state index is 0. The van der Waals surface area contributed by atoms with Gasteiger partial charge in [-0.15, -0.1) is 0 Å². The van der Waals surface area contributed by atoms with Gasteiger partial charge in [-0.1, -0.05) is 103 Å². The monoisotopic (exact) mass is 402 g/mol. The molecule has 2 aromatic carbocycles. The van der Waals surface area contributed by atoms with Gasteiger partial charge in [-0.2, -0.15) is 56.6 Å². The summed E-state index contributed by atoms with van der Waals surface area (Å²) < 4.78 is 0. The van der Waals surface area contributed by atoms with Gasteiger partial charge in [0.2, 0.25) is 0 Å². The number of hydrogen-bond acceptors (Lipinski definition) is 0. The van der Waals surface area contributed by atoms with Crippen LogP contribution in [0.4, 0.5) is 0 Å². The van der Waals surface area contributed by atoms with E-state index in [2.05, 4.69) is 12.1 Å². The van der Waals surface area contributed by atoms with Crippen LogP contribution in [-0.4, -0.2) is 0 Å². The van der Waals surface area contributed by atoms with Crippen molar-refractivity contribution in [3.63, 3.8) is 0 Å². The third kappa shape index (κ3) is 3.88. The quantitative estimate of drug-likeness (QED) is 0.357. The SMILES string of the molecule is [Fe+2].[cH-]1c2c(c3c1CCCC3)CCCC2.[cH-]1c2c(c3c1CCCC3)CCCC2. The van der Waals surface area contributed by atoms with Gasteiger partial charge < -0.3 is 0 Å². The first-order valence-corrected chi connectivity index (χ1v) is 11.5. The Hall–Kier alpha value is -0.781. The molecule has 0 saturated heterocycles. The molecule has 0 saturated carbocycles. The first kappa shape index (κ1) is 19.5. The summed E-state index contributed by atoms with van der Waals surface area (Å²) in [7, 11) is 0. The number of rotatable bonds is 0. The van der Waals surface area contributed by atoms with E-state index in [1.165, 1.54) is 103 Å². The third-order valence-electron chi connectivity index (χ3n) is 7.47. The standard InChI is InChI=1S/2C13H17.Fe/c2*1-3-7-12-10(5-1)9-11-6-2-4-8-13(11)12;/h2*9H,1-8H2;/q2*-1;+2. The summed E-state index contributed by atoms with van der Waals surface area (Å²) in [4.78, 5) is 0. The Kier molecular flexibility index (Phi) is 6.30. The smallest absolute Gasteiger partial charge is 0.192 e. The second-order valence-electron chi connectivity index (χ2n) is 9.13. The topological polar surface area (TPSA) is 0 Å². The molecule has 1 heteroatoms. The molecule has 0 amide bonds. The Labute approximate surface area is 176 Å². The molecule has 0 N–H and O–H groups in total. The predicted octanol–water partition coefficient (Wildman–Crippen LogP) is 6.32. The van der Waals surface area contributed by atoms with Gasteiger partial charge in [0.05, 0.1) is 0 Å². The molecule has 0 fully saturated rings. The summed E-state index contributed by atoms with van der Waals surface area (Å²) >= 11 is 0. The fourth-order valence-electron chi connectivity index (χ4n) is 6.15. The fraction of sp³-hybridized carbons (Fsp3) is 0.615. The average molecular weight is 402 g/mol. The van der Waals surface area contributed by atoms with Crippen LogP contribution in [0.3, 0.4) is 0 Å². The minimum Gasteiger partial charge on any atom is -0.192 e. The molecule has 6 rings (SSSR count). The van der Waals surface area contributed by atoms with Gasteiger partial charge >= 0.3 is 17.1 Å². The molecule has 0 radical (unpaired) electrons. The van der Waals surface area contributed by atoms with E-state index < -0.39 is 0 Å². The molecule has 0 aliphatic heterocycles. The number of fused-ring (bicyclic) bond motifs is 6. The van der Waals surface area contributed by atoms with Crippen LogP contribution in [-0.2, 0) is 68.4 Å². The summed E-state index contributed by atoms with van der Waals surface area (Å²) in [6.45, 7) is 0. The van der Waals surface area contributed by atoms with Crippen molar-refractivity contribution >= 4 is 0 Å². The normalized spacial score (nSPS) is 20.1. The molecule has 0 bridgehead atoms. The number of hydrogen-bond donors (Lipinski definition) is 0. The van der Waals surface area contributed by atoms with Crippen molar-refractivity contribution < 1.29 is 17.1 Å². The molecule has 2 aromatic rings. The van der Waals surface area contributed by atoms with Crippen LogP contribution in [0, 0.1) is 0 Å². The molecule has 0 nitrogen and oxygen atoms in total. The summed E-state index contributed by atoms with van der Waals surface area (Å²) in [6.07, 6.45) is 22.4. The van der Waals surface area contributed by atoms with Crippen molar-refractivity contribution in [1.29, 1.82) is 0 Å². The molecule has 0 unspecified atom stereocenters. The zero-order valence-electron chi connectivity index (χ0n) is 16.8. The maximum Gasteiger partial charge on any atom is 2.00 e. The summed E-state index contributed by atoms with van der Waals surface area (Å²) in [5.41, 5.74) is 13.9. The van der Waals surface area contributed by atoms with E-state index in [9.17, 15) is 0 Å². The van der Waals surface area contributed by atoms with E-state index in [1.54, 1.807) is 44.5 Å². The van der Waals surface area contributed by atoms with Crippen molar-refractivity contribution in [3.05, 3.63) is 56.6 Å². The van der Waals surface area contributed by atoms with E-state index >= 15 is 0 Å². The first-order valence-electron chi connectivity index (χ1n) is 11.5. The van der Waals surface area contributed by atoms with Crippen LogP contribution in [0.5, 0.6) is 0 Å². The summed E-state index contributed by atoms with van der Waals surface area (Å²) in [5.74, 6) is 0. The van der Waals surface area contributed by atoms with Gasteiger partial charge in [0.25, 0.3) is 0 Å². The molecule has 0 heterocycles. The van der Waals surface area contributed by atoms with Crippen molar-refractivity contribution in [3.8, 4) is 0 Å². The Balaban J connectivity index is 0.000000129. The Morgan fingerprint density at radius 1 is 0.333 bits per heavy atom. The van der Waals surface area contributed by atoms with Gasteiger partial charge in [0.15, 0.2) is 0 Å². The second kappa shape index (κ2) is 8.71. The maximum atomic E-state index is 2.52. The molecule has 27 heavy (non-hydrogen) atoms. The van der Waals surface area contributed by atoms with Crippen LogP contribution in [0.1, 0.15) is 95.9 Å². The predicted molar refractivity (Wildman–Crippen MR) is 111 cm³/mol. The van der Waals surface area contributed by atoms with Crippen molar-refractivity contribution in [2.75, 3.05) is 0 Å². The van der Waals surface area contributed by atoms with Gasteiger partial charge in [-0.05, 0) is 0 Å². The van der Waals surface area contributed by atoms with E-state index in [-0.39, 0.29) is 17.1 Å². The average Bonchev–Trinajstić information content (AvgIpc) is 3.27. The van der Waals surface area contributed by atoms with Crippen molar-refractivity contribution in [1.82, 2.24) is 0 Å². The van der Waals surface area contributed by atoms with Crippen LogP contribution in [0.15, 0.2) is 12.1 Å². The maximum absolute atomic E-state index is 2.52. The Morgan fingerprint density at radius 3 is 0.815 bits per heavy atom. The first-order chi connectivity index (χ1) is 12.9. The van der Waals surface area contributed by atoms with Crippen LogP contribution in [0.2, 0.25) is 0 Å². The van der Waals surface area contributed by atoms with Gasteiger partial charge in [0.1, 0.15) is 0 Å². The van der Waals surface area contributed by atoms with Crippen LogP contribution >= 0.6 is 0 Å².